The summed E-state index contributed by atoms with van der Waals surface area (Å²) in [6.45, 7) is 9.63. The molecule has 0 amide bonds. The van der Waals surface area contributed by atoms with Gasteiger partial charge in [-0.2, -0.15) is 0 Å². The monoisotopic (exact) mass is 277 g/mol. The van der Waals surface area contributed by atoms with Crippen LogP contribution in [0.4, 0.5) is 0 Å². The third-order valence-corrected chi connectivity index (χ3v) is 3.60. The molecule has 1 rings (SSSR count). The van der Waals surface area contributed by atoms with E-state index in [1.165, 1.54) is 25.7 Å². The first-order chi connectivity index (χ1) is 9.61. The van der Waals surface area contributed by atoms with Gasteiger partial charge in [0.15, 0.2) is 0 Å². The van der Waals surface area contributed by atoms with Gasteiger partial charge < -0.3 is 5.32 Å². The summed E-state index contributed by atoms with van der Waals surface area (Å²) >= 11 is 0. The lowest BCUT2D eigenvalue weighted by Crippen LogP contribution is -2.34. The summed E-state index contributed by atoms with van der Waals surface area (Å²) in [5.74, 6) is 0. The molecule has 0 fully saturated rings. The lowest BCUT2D eigenvalue weighted by atomic mass is 10.1. The first-order valence-electron chi connectivity index (χ1n) is 7.96. The fourth-order valence-electron chi connectivity index (χ4n) is 2.35. The summed E-state index contributed by atoms with van der Waals surface area (Å²) in [6.07, 6.45) is 5.29. The van der Waals surface area contributed by atoms with E-state index < -0.39 is 0 Å². The highest BCUT2D eigenvalue weighted by Gasteiger charge is 2.04. The number of pyridine rings is 1. The molecule has 0 aliphatic rings. The lowest BCUT2D eigenvalue weighted by molar-refractivity contribution is 0.312. The zero-order chi connectivity index (χ0) is 14.8. The highest BCUT2D eigenvalue weighted by atomic mass is 15.1. The third kappa shape index (κ3) is 7.61. The van der Waals surface area contributed by atoms with Crippen LogP contribution in [-0.4, -0.2) is 36.1 Å². The minimum absolute atomic E-state index is 0.632. The van der Waals surface area contributed by atoms with Crippen molar-refractivity contribution in [1.82, 2.24) is 15.2 Å². The average Bonchev–Trinajstić information content (AvgIpc) is 2.39. The van der Waals surface area contributed by atoms with Gasteiger partial charge in [-0.05, 0) is 39.4 Å². The van der Waals surface area contributed by atoms with Gasteiger partial charge in [0.05, 0.1) is 5.69 Å². The summed E-state index contributed by atoms with van der Waals surface area (Å²) < 4.78 is 0. The molecule has 0 radical (unpaired) electrons. The van der Waals surface area contributed by atoms with Gasteiger partial charge in [0.2, 0.25) is 0 Å². The zero-order valence-corrected chi connectivity index (χ0v) is 13.7. The number of aryl methyl sites for hydroxylation is 1. The molecule has 1 N–H and O–H groups in total. The van der Waals surface area contributed by atoms with Crippen LogP contribution >= 0.6 is 0 Å². The number of hydrogen-bond acceptors (Lipinski definition) is 3. The molecule has 1 unspecified atom stereocenters. The standard InChI is InChI=1S/C17H31N3/c1-5-6-7-9-15(2)18-12-13-20(4)14-17-11-8-10-16(3)19-17/h8,10-11,15,18H,5-7,9,12-14H2,1-4H3. The first-order valence-corrected chi connectivity index (χ1v) is 7.96. The summed E-state index contributed by atoms with van der Waals surface area (Å²) in [7, 11) is 2.16. The van der Waals surface area contributed by atoms with Crippen molar-refractivity contribution in [3.63, 3.8) is 0 Å². The zero-order valence-electron chi connectivity index (χ0n) is 13.7. The van der Waals surface area contributed by atoms with Gasteiger partial charge >= 0.3 is 0 Å². The Hall–Kier alpha value is -0.930. The van der Waals surface area contributed by atoms with Crippen LogP contribution in [0.15, 0.2) is 18.2 Å². The second-order valence-corrected chi connectivity index (χ2v) is 5.86. The van der Waals surface area contributed by atoms with Crippen molar-refractivity contribution in [1.29, 1.82) is 0 Å². The molecule has 0 saturated heterocycles. The maximum absolute atomic E-state index is 4.54. The second kappa shape index (κ2) is 9.89. The summed E-state index contributed by atoms with van der Waals surface area (Å²) in [4.78, 5) is 6.87. The minimum Gasteiger partial charge on any atom is -0.313 e. The molecule has 0 aromatic carbocycles. The molecule has 0 aliphatic carbocycles. The Balaban J connectivity index is 2.15. The van der Waals surface area contributed by atoms with E-state index in [-0.39, 0.29) is 0 Å². The van der Waals surface area contributed by atoms with Crippen molar-refractivity contribution in [2.75, 3.05) is 20.1 Å². The first kappa shape index (κ1) is 17.1. The molecule has 0 aliphatic heterocycles. The van der Waals surface area contributed by atoms with Crippen LogP contribution in [0.1, 0.15) is 50.9 Å². The molecular formula is C17H31N3. The molecule has 3 nitrogen and oxygen atoms in total. The molecule has 0 saturated carbocycles. The molecular weight excluding hydrogens is 246 g/mol. The molecule has 1 atom stereocenters. The number of aromatic nitrogens is 1. The van der Waals surface area contributed by atoms with Crippen LogP contribution in [0.3, 0.4) is 0 Å². The van der Waals surface area contributed by atoms with E-state index in [0.717, 1.165) is 31.0 Å². The Bertz CT molecular complexity index is 365. The predicted octanol–water partition coefficient (Wildman–Crippen LogP) is 3.38. The Morgan fingerprint density at radius 3 is 2.80 bits per heavy atom. The molecule has 1 aromatic rings. The van der Waals surface area contributed by atoms with Crippen LogP contribution in [0.5, 0.6) is 0 Å². The van der Waals surface area contributed by atoms with Gasteiger partial charge in [-0.3, -0.25) is 9.88 Å². The molecule has 3 heteroatoms. The van der Waals surface area contributed by atoms with Crippen LogP contribution in [0, 0.1) is 6.92 Å². The fraction of sp³-hybridized carbons (Fsp3) is 0.706. The normalized spacial score (nSPS) is 12.8. The largest absolute Gasteiger partial charge is 0.313 e. The van der Waals surface area contributed by atoms with Gasteiger partial charge in [0, 0.05) is 31.4 Å². The van der Waals surface area contributed by atoms with Gasteiger partial charge in [0.25, 0.3) is 0 Å². The summed E-state index contributed by atoms with van der Waals surface area (Å²) in [5.41, 5.74) is 2.25. The topological polar surface area (TPSA) is 28.2 Å². The van der Waals surface area contributed by atoms with Crippen molar-refractivity contribution < 1.29 is 0 Å². The molecule has 1 heterocycles. The van der Waals surface area contributed by atoms with E-state index in [9.17, 15) is 0 Å². The van der Waals surface area contributed by atoms with Crippen LogP contribution < -0.4 is 5.32 Å². The molecule has 20 heavy (non-hydrogen) atoms. The van der Waals surface area contributed by atoms with E-state index in [1.54, 1.807) is 0 Å². The van der Waals surface area contributed by atoms with Crippen molar-refractivity contribution in [2.24, 2.45) is 0 Å². The average molecular weight is 277 g/mol. The summed E-state index contributed by atoms with van der Waals surface area (Å²) in [5, 5.41) is 3.61. The molecule has 1 aromatic heterocycles. The van der Waals surface area contributed by atoms with E-state index in [0.29, 0.717) is 6.04 Å². The van der Waals surface area contributed by atoms with Crippen molar-refractivity contribution in [3.8, 4) is 0 Å². The number of nitrogens with zero attached hydrogens (tertiary/aromatic N) is 2. The van der Waals surface area contributed by atoms with Gasteiger partial charge in [0.1, 0.15) is 0 Å². The molecule has 114 valence electrons. The van der Waals surface area contributed by atoms with E-state index >= 15 is 0 Å². The molecule has 0 bridgehead atoms. The van der Waals surface area contributed by atoms with Crippen molar-refractivity contribution >= 4 is 0 Å². The van der Waals surface area contributed by atoms with Crippen molar-refractivity contribution in [3.05, 3.63) is 29.6 Å². The van der Waals surface area contributed by atoms with E-state index in [4.69, 9.17) is 0 Å². The predicted molar refractivity (Wildman–Crippen MR) is 86.9 cm³/mol. The Morgan fingerprint density at radius 2 is 2.10 bits per heavy atom. The van der Waals surface area contributed by atoms with Gasteiger partial charge in [-0.15, -0.1) is 0 Å². The second-order valence-electron chi connectivity index (χ2n) is 5.86. The van der Waals surface area contributed by atoms with Crippen molar-refractivity contribution in [2.45, 2.75) is 59.0 Å². The highest BCUT2D eigenvalue weighted by molar-refractivity contribution is 5.09. The Morgan fingerprint density at radius 1 is 1.30 bits per heavy atom. The van der Waals surface area contributed by atoms with E-state index in [2.05, 4.69) is 48.2 Å². The van der Waals surface area contributed by atoms with Gasteiger partial charge in [-0.1, -0.05) is 32.3 Å². The van der Waals surface area contributed by atoms with Gasteiger partial charge in [-0.25, -0.2) is 0 Å². The number of likely N-dealkylation sites (N-methyl/N-ethyl adjacent to an activating group) is 1. The Labute approximate surface area is 124 Å². The van der Waals surface area contributed by atoms with Crippen LogP contribution in [-0.2, 0) is 6.54 Å². The fourth-order valence-corrected chi connectivity index (χ4v) is 2.35. The number of nitrogens with one attached hydrogen (secondary N) is 1. The molecule has 0 spiro atoms. The smallest absolute Gasteiger partial charge is 0.0547 e. The van der Waals surface area contributed by atoms with Crippen LogP contribution in [0.25, 0.3) is 0 Å². The lowest BCUT2D eigenvalue weighted by Gasteiger charge is -2.19. The third-order valence-electron chi connectivity index (χ3n) is 3.60. The number of unbranched alkanes of at least 4 members (excludes halogenated alkanes) is 2. The SMILES string of the molecule is CCCCCC(C)NCCN(C)Cc1cccc(C)n1. The maximum atomic E-state index is 4.54. The quantitative estimate of drug-likeness (QED) is 0.665. The highest BCUT2D eigenvalue weighted by Crippen LogP contribution is 2.03. The van der Waals surface area contributed by atoms with Crippen LogP contribution in [0.2, 0.25) is 0 Å². The minimum atomic E-state index is 0.632. The number of hydrogen-bond donors (Lipinski definition) is 1. The summed E-state index contributed by atoms with van der Waals surface area (Å²) in [6, 6.07) is 6.86. The number of rotatable bonds is 10. The maximum Gasteiger partial charge on any atom is 0.0547 e. The van der Waals surface area contributed by atoms with E-state index in [1.807, 2.05) is 13.0 Å². The Kier molecular flexibility index (Phi) is 8.47.